The molecule has 0 spiro atoms. The van der Waals surface area contributed by atoms with Crippen molar-refractivity contribution in [2.75, 3.05) is 28.4 Å². The van der Waals surface area contributed by atoms with Gasteiger partial charge < -0.3 is 25.3 Å². The highest BCUT2D eigenvalue weighted by molar-refractivity contribution is 5.99. The maximum atomic E-state index is 11.7. The quantitative estimate of drug-likeness (QED) is 0.564. The standard InChI is InChI=1S/C20H22N4O4/c1-22-20(25)14(21)8-11-5-6-15-13(7-11)18(24-23-15)12-9-16(26-2)19(28-4)17(10-12)27-3/h5-10H,21H2,1-4H3,(H,22,25)(H,23,24)/b14-8-. The molecule has 0 aliphatic carbocycles. The molecule has 1 heterocycles. The van der Waals surface area contributed by atoms with E-state index < -0.39 is 0 Å². The summed E-state index contributed by atoms with van der Waals surface area (Å²) in [5.74, 6) is 1.24. The minimum atomic E-state index is -0.336. The summed E-state index contributed by atoms with van der Waals surface area (Å²) in [5.41, 5.74) is 9.07. The Morgan fingerprint density at radius 2 is 1.79 bits per heavy atom. The minimum absolute atomic E-state index is 0.125. The number of ether oxygens (including phenoxy) is 3. The lowest BCUT2D eigenvalue weighted by Crippen LogP contribution is -2.24. The van der Waals surface area contributed by atoms with E-state index in [2.05, 4.69) is 15.5 Å². The maximum Gasteiger partial charge on any atom is 0.266 e. The van der Waals surface area contributed by atoms with Gasteiger partial charge in [-0.05, 0) is 35.9 Å². The van der Waals surface area contributed by atoms with E-state index in [4.69, 9.17) is 19.9 Å². The fourth-order valence-electron chi connectivity index (χ4n) is 2.95. The van der Waals surface area contributed by atoms with Crippen molar-refractivity contribution in [3.8, 4) is 28.5 Å². The number of rotatable bonds is 6. The second kappa shape index (κ2) is 7.91. The van der Waals surface area contributed by atoms with Crippen LogP contribution in [-0.4, -0.2) is 44.5 Å². The number of nitrogens with two attached hydrogens (primary N) is 1. The van der Waals surface area contributed by atoms with Crippen LogP contribution in [-0.2, 0) is 4.79 Å². The van der Waals surface area contributed by atoms with Crippen molar-refractivity contribution < 1.29 is 19.0 Å². The molecule has 1 aromatic heterocycles. The first kappa shape index (κ1) is 19.1. The van der Waals surface area contributed by atoms with Gasteiger partial charge in [-0.2, -0.15) is 5.10 Å². The topological polar surface area (TPSA) is 111 Å². The summed E-state index contributed by atoms with van der Waals surface area (Å²) in [6.07, 6.45) is 1.62. The Morgan fingerprint density at radius 1 is 1.11 bits per heavy atom. The number of H-pyrrole nitrogens is 1. The van der Waals surface area contributed by atoms with Crippen molar-refractivity contribution in [1.82, 2.24) is 15.5 Å². The summed E-state index contributed by atoms with van der Waals surface area (Å²) in [6, 6.07) is 9.31. The first-order chi connectivity index (χ1) is 13.5. The van der Waals surface area contributed by atoms with Gasteiger partial charge in [-0.15, -0.1) is 0 Å². The number of hydrogen-bond acceptors (Lipinski definition) is 6. The van der Waals surface area contributed by atoms with Gasteiger partial charge in [0.2, 0.25) is 5.75 Å². The smallest absolute Gasteiger partial charge is 0.266 e. The Kier molecular flexibility index (Phi) is 5.39. The average Bonchev–Trinajstić information content (AvgIpc) is 3.15. The predicted octanol–water partition coefficient (Wildman–Crippen LogP) is 2.30. The number of aromatic nitrogens is 2. The van der Waals surface area contributed by atoms with Crippen molar-refractivity contribution in [3.05, 3.63) is 41.6 Å². The van der Waals surface area contributed by atoms with Crippen LogP contribution in [0.25, 0.3) is 28.2 Å². The molecule has 0 aliphatic rings. The van der Waals surface area contributed by atoms with Crippen LogP contribution < -0.4 is 25.3 Å². The fourth-order valence-corrected chi connectivity index (χ4v) is 2.95. The molecule has 0 aliphatic heterocycles. The molecule has 2 aromatic carbocycles. The van der Waals surface area contributed by atoms with Crippen LogP contribution >= 0.6 is 0 Å². The van der Waals surface area contributed by atoms with E-state index >= 15 is 0 Å². The summed E-state index contributed by atoms with van der Waals surface area (Å²) >= 11 is 0. The molecule has 3 aromatic rings. The molecule has 0 bridgehead atoms. The summed E-state index contributed by atoms with van der Waals surface area (Å²) in [5, 5.41) is 10.8. The number of nitrogens with one attached hydrogen (secondary N) is 2. The average molecular weight is 382 g/mol. The molecule has 3 rings (SSSR count). The van der Waals surface area contributed by atoms with Crippen molar-refractivity contribution in [1.29, 1.82) is 0 Å². The molecule has 8 nitrogen and oxygen atoms in total. The molecule has 0 unspecified atom stereocenters. The lowest BCUT2D eigenvalue weighted by Gasteiger charge is -2.13. The lowest BCUT2D eigenvalue weighted by atomic mass is 10.0. The second-order valence-corrected chi connectivity index (χ2v) is 5.97. The van der Waals surface area contributed by atoms with Crippen molar-refractivity contribution in [2.24, 2.45) is 5.73 Å². The Morgan fingerprint density at radius 3 is 2.36 bits per heavy atom. The van der Waals surface area contributed by atoms with Gasteiger partial charge in [0.15, 0.2) is 11.5 Å². The van der Waals surface area contributed by atoms with Crippen LogP contribution in [0.15, 0.2) is 36.0 Å². The number of aromatic amines is 1. The minimum Gasteiger partial charge on any atom is -0.493 e. The number of amides is 1. The molecule has 0 fully saturated rings. The molecule has 4 N–H and O–H groups in total. The van der Waals surface area contributed by atoms with Crippen molar-refractivity contribution in [3.63, 3.8) is 0 Å². The van der Waals surface area contributed by atoms with Gasteiger partial charge in [-0.25, -0.2) is 0 Å². The lowest BCUT2D eigenvalue weighted by molar-refractivity contribution is -0.117. The number of fused-ring (bicyclic) bond motifs is 1. The highest BCUT2D eigenvalue weighted by atomic mass is 16.5. The zero-order chi connectivity index (χ0) is 20.3. The Hall–Kier alpha value is -3.68. The number of hydrogen-bond donors (Lipinski definition) is 3. The van der Waals surface area contributed by atoms with Gasteiger partial charge in [0.05, 0.1) is 32.5 Å². The maximum absolute atomic E-state index is 11.7. The zero-order valence-electron chi connectivity index (χ0n) is 16.1. The van der Waals surface area contributed by atoms with Crippen LogP contribution in [0.3, 0.4) is 0 Å². The van der Waals surface area contributed by atoms with E-state index in [0.717, 1.165) is 22.0 Å². The van der Waals surface area contributed by atoms with Crippen LogP contribution in [0.2, 0.25) is 0 Å². The van der Waals surface area contributed by atoms with E-state index in [1.54, 1.807) is 27.4 Å². The number of benzene rings is 2. The molecule has 0 radical (unpaired) electrons. The third-order valence-electron chi connectivity index (χ3n) is 4.34. The molecule has 146 valence electrons. The summed E-state index contributed by atoms with van der Waals surface area (Å²) < 4.78 is 16.2. The van der Waals surface area contributed by atoms with Gasteiger partial charge in [-0.3, -0.25) is 9.89 Å². The van der Waals surface area contributed by atoms with E-state index in [1.807, 2.05) is 30.3 Å². The monoisotopic (exact) mass is 382 g/mol. The molecule has 0 saturated heterocycles. The van der Waals surface area contributed by atoms with Gasteiger partial charge in [0, 0.05) is 18.0 Å². The number of carbonyl (C=O) groups excluding carboxylic acids is 1. The van der Waals surface area contributed by atoms with Crippen LogP contribution in [0.5, 0.6) is 17.2 Å². The van der Waals surface area contributed by atoms with E-state index in [1.165, 1.54) is 7.05 Å². The Balaban J connectivity index is 2.14. The predicted molar refractivity (Wildman–Crippen MR) is 107 cm³/mol. The van der Waals surface area contributed by atoms with Gasteiger partial charge in [0.25, 0.3) is 5.91 Å². The van der Waals surface area contributed by atoms with E-state index in [-0.39, 0.29) is 11.6 Å². The fraction of sp³-hybridized carbons (Fsp3) is 0.200. The first-order valence-corrected chi connectivity index (χ1v) is 8.50. The number of likely N-dealkylation sites (N-methyl/N-ethyl adjacent to an activating group) is 1. The SMILES string of the molecule is CNC(=O)/C(N)=C/c1ccc2[nH]nc(-c3cc(OC)c(OC)c(OC)c3)c2c1. The largest absolute Gasteiger partial charge is 0.493 e. The van der Waals surface area contributed by atoms with Gasteiger partial charge in [-0.1, -0.05) is 6.07 Å². The van der Waals surface area contributed by atoms with E-state index in [9.17, 15) is 4.79 Å². The van der Waals surface area contributed by atoms with E-state index in [0.29, 0.717) is 22.9 Å². The number of carbonyl (C=O) groups is 1. The van der Waals surface area contributed by atoms with Crippen LogP contribution in [0.1, 0.15) is 5.56 Å². The normalized spacial score (nSPS) is 11.4. The highest BCUT2D eigenvalue weighted by Gasteiger charge is 2.17. The van der Waals surface area contributed by atoms with Crippen LogP contribution in [0, 0.1) is 0 Å². The second-order valence-electron chi connectivity index (χ2n) is 5.97. The van der Waals surface area contributed by atoms with Crippen LogP contribution in [0.4, 0.5) is 0 Å². The molecule has 1 amide bonds. The Labute approximate surface area is 162 Å². The number of methoxy groups -OCH3 is 3. The molecule has 28 heavy (non-hydrogen) atoms. The zero-order valence-corrected chi connectivity index (χ0v) is 16.1. The molecule has 0 saturated carbocycles. The third kappa shape index (κ3) is 3.44. The summed E-state index contributed by atoms with van der Waals surface area (Å²) in [6.45, 7) is 0. The first-order valence-electron chi connectivity index (χ1n) is 8.50. The number of nitrogens with zero attached hydrogens (tertiary/aromatic N) is 1. The summed E-state index contributed by atoms with van der Waals surface area (Å²) in [7, 11) is 6.21. The molecule has 8 heteroatoms. The molecular formula is C20H22N4O4. The Bertz CT molecular complexity index is 1030. The van der Waals surface area contributed by atoms with Gasteiger partial charge >= 0.3 is 0 Å². The van der Waals surface area contributed by atoms with Crippen molar-refractivity contribution in [2.45, 2.75) is 0 Å². The molecule has 0 atom stereocenters. The summed E-state index contributed by atoms with van der Waals surface area (Å²) in [4.78, 5) is 11.7. The van der Waals surface area contributed by atoms with Crippen molar-refractivity contribution >= 4 is 22.9 Å². The third-order valence-corrected chi connectivity index (χ3v) is 4.34. The highest BCUT2D eigenvalue weighted by Crippen LogP contribution is 2.42. The molecular weight excluding hydrogens is 360 g/mol. The van der Waals surface area contributed by atoms with Gasteiger partial charge in [0.1, 0.15) is 5.69 Å².